The highest BCUT2D eigenvalue weighted by molar-refractivity contribution is 7.07. The lowest BCUT2D eigenvalue weighted by Gasteiger charge is -2.18. The van der Waals surface area contributed by atoms with E-state index >= 15 is 0 Å². The number of hydrogen-bond donors (Lipinski definition) is 1. The largest absolute Gasteiger partial charge is 0.396 e. The van der Waals surface area contributed by atoms with Crippen molar-refractivity contribution in [3.05, 3.63) is 16.6 Å². The molecule has 1 N–H and O–H groups in total. The minimum Gasteiger partial charge on any atom is -0.396 e. The number of aromatic nitrogens is 1. The SMILES string of the molecule is CCN(CCCO)Cc1cscn1. The van der Waals surface area contributed by atoms with Crippen molar-refractivity contribution in [1.82, 2.24) is 9.88 Å². The minimum absolute atomic E-state index is 0.271. The lowest BCUT2D eigenvalue weighted by atomic mass is 10.3. The second-order valence-electron chi connectivity index (χ2n) is 2.93. The lowest BCUT2D eigenvalue weighted by Crippen LogP contribution is -2.24. The van der Waals surface area contributed by atoms with Crippen LogP contribution in [0, 0.1) is 0 Å². The third kappa shape index (κ3) is 3.85. The Morgan fingerprint density at radius 3 is 3.00 bits per heavy atom. The highest BCUT2D eigenvalue weighted by Gasteiger charge is 2.03. The Morgan fingerprint density at radius 2 is 2.46 bits per heavy atom. The van der Waals surface area contributed by atoms with E-state index in [-0.39, 0.29) is 6.61 Å². The number of thiazole rings is 1. The highest BCUT2D eigenvalue weighted by atomic mass is 32.1. The van der Waals surface area contributed by atoms with Crippen LogP contribution in [0.15, 0.2) is 10.9 Å². The summed E-state index contributed by atoms with van der Waals surface area (Å²) in [6.07, 6.45) is 0.845. The van der Waals surface area contributed by atoms with Crippen LogP contribution >= 0.6 is 11.3 Å². The molecular weight excluding hydrogens is 184 g/mol. The predicted molar refractivity (Wildman–Crippen MR) is 54.8 cm³/mol. The van der Waals surface area contributed by atoms with E-state index in [0.29, 0.717) is 0 Å². The first-order valence-electron chi connectivity index (χ1n) is 4.57. The van der Waals surface area contributed by atoms with Crippen molar-refractivity contribution in [2.24, 2.45) is 0 Å². The molecule has 0 bridgehead atoms. The molecule has 0 saturated heterocycles. The van der Waals surface area contributed by atoms with Crippen LogP contribution in [0.25, 0.3) is 0 Å². The van der Waals surface area contributed by atoms with Gasteiger partial charge in [0.1, 0.15) is 0 Å². The van der Waals surface area contributed by atoms with Gasteiger partial charge in [-0.3, -0.25) is 4.90 Å². The zero-order valence-corrected chi connectivity index (χ0v) is 8.76. The second-order valence-corrected chi connectivity index (χ2v) is 3.64. The van der Waals surface area contributed by atoms with Crippen molar-refractivity contribution in [3.63, 3.8) is 0 Å². The summed E-state index contributed by atoms with van der Waals surface area (Å²) in [6, 6.07) is 0. The van der Waals surface area contributed by atoms with Gasteiger partial charge < -0.3 is 5.11 Å². The molecule has 4 heteroatoms. The van der Waals surface area contributed by atoms with Gasteiger partial charge in [-0.05, 0) is 13.0 Å². The van der Waals surface area contributed by atoms with Crippen LogP contribution < -0.4 is 0 Å². The van der Waals surface area contributed by atoms with Gasteiger partial charge >= 0.3 is 0 Å². The Bertz CT molecular complexity index is 213. The summed E-state index contributed by atoms with van der Waals surface area (Å²) in [5.41, 5.74) is 2.99. The molecule has 0 radical (unpaired) electrons. The third-order valence-electron chi connectivity index (χ3n) is 1.95. The molecule has 0 aliphatic carbocycles. The van der Waals surface area contributed by atoms with E-state index in [1.807, 2.05) is 5.51 Å². The normalized spacial score (nSPS) is 11.0. The van der Waals surface area contributed by atoms with Gasteiger partial charge in [0.2, 0.25) is 0 Å². The summed E-state index contributed by atoms with van der Waals surface area (Å²) >= 11 is 1.63. The van der Waals surface area contributed by atoms with Gasteiger partial charge in [0.05, 0.1) is 11.2 Å². The fraction of sp³-hybridized carbons (Fsp3) is 0.667. The third-order valence-corrected chi connectivity index (χ3v) is 2.58. The number of aliphatic hydroxyl groups is 1. The van der Waals surface area contributed by atoms with Gasteiger partial charge in [-0.2, -0.15) is 0 Å². The molecule has 0 aliphatic rings. The Balaban J connectivity index is 2.31. The topological polar surface area (TPSA) is 36.4 Å². The molecule has 0 aliphatic heterocycles. The summed E-state index contributed by atoms with van der Waals surface area (Å²) in [4.78, 5) is 6.51. The van der Waals surface area contributed by atoms with Crippen LogP contribution in [0.2, 0.25) is 0 Å². The molecule has 1 heterocycles. The molecule has 0 amide bonds. The second kappa shape index (κ2) is 6.07. The van der Waals surface area contributed by atoms with E-state index in [2.05, 4.69) is 22.2 Å². The maximum Gasteiger partial charge on any atom is 0.0795 e. The lowest BCUT2D eigenvalue weighted by molar-refractivity contribution is 0.224. The van der Waals surface area contributed by atoms with E-state index in [0.717, 1.165) is 31.7 Å². The van der Waals surface area contributed by atoms with E-state index in [9.17, 15) is 0 Å². The molecule has 0 fully saturated rings. The Kier molecular flexibility index (Phi) is 4.97. The highest BCUT2D eigenvalue weighted by Crippen LogP contribution is 2.05. The molecular formula is C9H16N2OS. The molecule has 74 valence electrons. The Labute approximate surface area is 83.0 Å². The fourth-order valence-electron chi connectivity index (χ4n) is 1.19. The Morgan fingerprint density at radius 1 is 1.62 bits per heavy atom. The summed E-state index contributed by atoms with van der Waals surface area (Å²) in [5.74, 6) is 0. The van der Waals surface area contributed by atoms with Crippen molar-refractivity contribution in [2.75, 3.05) is 19.7 Å². The van der Waals surface area contributed by atoms with Gasteiger partial charge in [-0.25, -0.2) is 4.98 Å². The number of aliphatic hydroxyl groups excluding tert-OH is 1. The van der Waals surface area contributed by atoms with Crippen molar-refractivity contribution in [3.8, 4) is 0 Å². The number of hydrogen-bond acceptors (Lipinski definition) is 4. The van der Waals surface area contributed by atoms with E-state index in [1.54, 1.807) is 11.3 Å². The van der Waals surface area contributed by atoms with Crippen LogP contribution in [-0.2, 0) is 6.54 Å². The van der Waals surface area contributed by atoms with Crippen LogP contribution in [0.5, 0.6) is 0 Å². The average molecular weight is 200 g/mol. The minimum atomic E-state index is 0.271. The molecule has 0 unspecified atom stereocenters. The summed E-state index contributed by atoms with van der Waals surface area (Å²) < 4.78 is 0. The van der Waals surface area contributed by atoms with Crippen LogP contribution in [0.3, 0.4) is 0 Å². The first kappa shape index (κ1) is 10.6. The number of rotatable bonds is 6. The van der Waals surface area contributed by atoms with Gasteiger partial charge in [0, 0.05) is 25.1 Å². The molecule has 0 saturated carbocycles. The van der Waals surface area contributed by atoms with Gasteiger partial charge in [0.15, 0.2) is 0 Å². The average Bonchev–Trinajstić information content (AvgIpc) is 2.64. The molecule has 0 aromatic carbocycles. The Hall–Kier alpha value is -0.450. The molecule has 1 aromatic heterocycles. The summed E-state index contributed by atoms with van der Waals surface area (Å²) in [7, 11) is 0. The van der Waals surface area contributed by atoms with E-state index < -0.39 is 0 Å². The molecule has 13 heavy (non-hydrogen) atoms. The van der Waals surface area contributed by atoms with Crippen molar-refractivity contribution in [1.29, 1.82) is 0 Å². The first-order chi connectivity index (χ1) is 6.36. The smallest absolute Gasteiger partial charge is 0.0795 e. The molecule has 0 atom stereocenters. The standard InChI is InChI=1S/C9H16N2OS/c1-2-11(4-3-5-12)6-9-7-13-8-10-9/h7-8,12H,2-6H2,1H3. The molecule has 1 aromatic rings. The van der Waals surface area contributed by atoms with Gasteiger partial charge in [-0.1, -0.05) is 6.92 Å². The molecule has 0 spiro atoms. The van der Waals surface area contributed by atoms with E-state index in [1.165, 1.54) is 0 Å². The fourth-order valence-corrected chi connectivity index (χ4v) is 1.74. The first-order valence-corrected chi connectivity index (χ1v) is 5.51. The van der Waals surface area contributed by atoms with Crippen molar-refractivity contribution in [2.45, 2.75) is 19.9 Å². The monoisotopic (exact) mass is 200 g/mol. The van der Waals surface area contributed by atoms with Crippen LogP contribution in [0.4, 0.5) is 0 Å². The summed E-state index contributed by atoms with van der Waals surface area (Å²) in [6.45, 7) is 5.26. The maximum atomic E-state index is 8.70. The zero-order chi connectivity index (χ0) is 9.52. The molecule has 3 nitrogen and oxygen atoms in total. The van der Waals surface area contributed by atoms with Crippen LogP contribution in [-0.4, -0.2) is 34.7 Å². The van der Waals surface area contributed by atoms with Crippen molar-refractivity contribution < 1.29 is 5.11 Å². The maximum absolute atomic E-state index is 8.70. The number of nitrogens with zero attached hydrogens (tertiary/aromatic N) is 2. The quantitative estimate of drug-likeness (QED) is 0.753. The van der Waals surface area contributed by atoms with Crippen molar-refractivity contribution >= 4 is 11.3 Å². The van der Waals surface area contributed by atoms with E-state index in [4.69, 9.17) is 5.11 Å². The zero-order valence-electron chi connectivity index (χ0n) is 7.94. The predicted octanol–water partition coefficient (Wildman–Crippen LogP) is 1.35. The van der Waals surface area contributed by atoms with Gasteiger partial charge in [0.25, 0.3) is 0 Å². The van der Waals surface area contributed by atoms with Gasteiger partial charge in [-0.15, -0.1) is 11.3 Å². The molecule has 1 rings (SSSR count). The van der Waals surface area contributed by atoms with Crippen LogP contribution in [0.1, 0.15) is 19.0 Å². The summed E-state index contributed by atoms with van der Waals surface area (Å²) in [5, 5.41) is 10.8.